The molecule has 3 rings (SSSR count). The van der Waals surface area contributed by atoms with Gasteiger partial charge in [-0.1, -0.05) is 0 Å². The number of benzene rings is 1. The summed E-state index contributed by atoms with van der Waals surface area (Å²) >= 11 is 0. The SMILES string of the molecule is N/N=C\N(N)CC(O)(c1ccc(F)cc1F)C(F)(F)c1ccc(-c2ccc(C(F)(F)F)cn2)cn1. The van der Waals surface area contributed by atoms with Gasteiger partial charge in [0.15, 0.2) is 5.60 Å². The number of rotatable bonds is 7. The van der Waals surface area contributed by atoms with Gasteiger partial charge in [-0.2, -0.15) is 27.1 Å². The normalized spacial score (nSPS) is 14.2. The van der Waals surface area contributed by atoms with Gasteiger partial charge in [0, 0.05) is 29.6 Å². The first-order chi connectivity index (χ1) is 16.3. The number of pyridine rings is 2. The zero-order valence-electron chi connectivity index (χ0n) is 17.5. The second-order valence-electron chi connectivity index (χ2n) is 7.36. The number of nitrogens with zero attached hydrogens (tertiary/aromatic N) is 4. The zero-order chi connectivity index (χ0) is 26.0. The van der Waals surface area contributed by atoms with E-state index < -0.39 is 52.7 Å². The summed E-state index contributed by atoms with van der Waals surface area (Å²) in [5, 5.41) is 14.5. The maximum atomic E-state index is 15.6. The van der Waals surface area contributed by atoms with E-state index in [1.807, 2.05) is 0 Å². The van der Waals surface area contributed by atoms with Gasteiger partial charge in [-0.3, -0.25) is 15.0 Å². The third-order valence-electron chi connectivity index (χ3n) is 4.99. The van der Waals surface area contributed by atoms with Crippen LogP contribution in [0.1, 0.15) is 16.8 Å². The second-order valence-corrected chi connectivity index (χ2v) is 7.36. The molecule has 0 aliphatic heterocycles. The highest BCUT2D eigenvalue weighted by Crippen LogP contribution is 2.46. The highest BCUT2D eigenvalue weighted by atomic mass is 19.4. The first kappa shape index (κ1) is 25.8. The van der Waals surface area contributed by atoms with Crippen LogP contribution in [0.4, 0.5) is 30.7 Å². The summed E-state index contributed by atoms with van der Waals surface area (Å²) in [6.07, 6.45) is -2.46. The summed E-state index contributed by atoms with van der Waals surface area (Å²) in [5.74, 6) is 3.58. The third kappa shape index (κ3) is 5.17. The Kier molecular flexibility index (Phi) is 6.98. The maximum absolute atomic E-state index is 15.6. The lowest BCUT2D eigenvalue weighted by Crippen LogP contribution is -2.53. The first-order valence-corrected chi connectivity index (χ1v) is 9.60. The largest absolute Gasteiger partial charge is 0.417 e. The van der Waals surface area contributed by atoms with Crippen LogP contribution in [0.3, 0.4) is 0 Å². The van der Waals surface area contributed by atoms with Crippen molar-refractivity contribution in [2.45, 2.75) is 17.7 Å². The molecule has 1 atom stereocenters. The summed E-state index contributed by atoms with van der Waals surface area (Å²) < 4.78 is 97.2. The molecule has 0 aliphatic rings. The van der Waals surface area contributed by atoms with Gasteiger partial charge in [0.1, 0.15) is 23.7 Å². The highest BCUT2D eigenvalue weighted by molar-refractivity contribution is 5.58. The lowest BCUT2D eigenvalue weighted by molar-refractivity contribution is -0.203. The van der Waals surface area contributed by atoms with E-state index >= 15 is 8.78 Å². The molecular formula is C21H17F7N6O. The lowest BCUT2D eigenvalue weighted by atomic mass is 9.84. The smallest absolute Gasteiger partial charge is 0.377 e. The maximum Gasteiger partial charge on any atom is 0.417 e. The minimum atomic E-state index is -4.61. The molecule has 35 heavy (non-hydrogen) atoms. The van der Waals surface area contributed by atoms with Crippen molar-refractivity contribution in [2.24, 2.45) is 16.8 Å². The number of alkyl halides is 5. The van der Waals surface area contributed by atoms with E-state index in [9.17, 15) is 27.1 Å². The van der Waals surface area contributed by atoms with Crippen molar-refractivity contribution in [1.82, 2.24) is 15.0 Å². The third-order valence-corrected chi connectivity index (χ3v) is 4.99. The van der Waals surface area contributed by atoms with Gasteiger partial charge >= 0.3 is 12.1 Å². The van der Waals surface area contributed by atoms with E-state index in [0.29, 0.717) is 35.7 Å². The van der Waals surface area contributed by atoms with Crippen LogP contribution in [0.5, 0.6) is 0 Å². The van der Waals surface area contributed by atoms with Crippen LogP contribution in [0.15, 0.2) is 60.0 Å². The average molecular weight is 502 g/mol. The summed E-state index contributed by atoms with van der Waals surface area (Å²) in [5.41, 5.74) is -6.33. The predicted molar refractivity (Wildman–Crippen MR) is 110 cm³/mol. The number of halogens is 7. The van der Waals surface area contributed by atoms with Gasteiger partial charge in [-0.05, 0) is 36.4 Å². The minimum absolute atomic E-state index is 0.00694. The van der Waals surface area contributed by atoms with E-state index in [4.69, 9.17) is 11.7 Å². The molecule has 0 fully saturated rings. The quantitative estimate of drug-likeness (QED) is 0.150. The molecule has 0 amide bonds. The van der Waals surface area contributed by atoms with E-state index in [-0.39, 0.29) is 11.3 Å². The van der Waals surface area contributed by atoms with Crippen molar-refractivity contribution < 1.29 is 35.8 Å². The highest BCUT2D eigenvalue weighted by Gasteiger charge is 2.58. The van der Waals surface area contributed by atoms with Gasteiger partial charge in [0.05, 0.1) is 17.8 Å². The molecule has 5 N–H and O–H groups in total. The summed E-state index contributed by atoms with van der Waals surface area (Å²) in [6, 6.07) is 5.25. The number of hydrogen-bond acceptors (Lipinski definition) is 6. The van der Waals surface area contributed by atoms with Crippen molar-refractivity contribution in [3.63, 3.8) is 0 Å². The Morgan fingerprint density at radius 2 is 1.69 bits per heavy atom. The molecule has 186 valence electrons. The monoisotopic (exact) mass is 502 g/mol. The fraction of sp³-hybridized carbons (Fsp3) is 0.190. The van der Waals surface area contributed by atoms with Crippen molar-refractivity contribution in [2.75, 3.05) is 6.54 Å². The molecule has 1 aromatic carbocycles. The van der Waals surface area contributed by atoms with Crippen molar-refractivity contribution in [3.05, 3.63) is 83.3 Å². The number of nitrogens with two attached hydrogens (primary N) is 2. The fourth-order valence-electron chi connectivity index (χ4n) is 3.24. The average Bonchev–Trinajstić information content (AvgIpc) is 2.78. The Hall–Kier alpha value is -3.78. The molecule has 0 bridgehead atoms. The minimum Gasteiger partial charge on any atom is -0.377 e. The Labute approximate surface area is 193 Å². The van der Waals surface area contributed by atoms with Crippen LogP contribution in [0, 0.1) is 11.6 Å². The fourth-order valence-corrected chi connectivity index (χ4v) is 3.24. The zero-order valence-corrected chi connectivity index (χ0v) is 17.5. The summed E-state index contributed by atoms with van der Waals surface area (Å²) in [4.78, 5) is 7.26. The first-order valence-electron chi connectivity index (χ1n) is 9.60. The molecule has 0 aliphatic carbocycles. The number of hydrogen-bond donors (Lipinski definition) is 3. The molecule has 3 aromatic rings. The Balaban J connectivity index is 2.02. The van der Waals surface area contributed by atoms with E-state index in [2.05, 4.69) is 15.1 Å². The molecule has 1 unspecified atom stereocenters. The number of aliphatic hydroxyl groups is 1. The van der Waals surface area contributed by atoms with Crippen molar-refractivity contribution >= 4 is 6.34 Å². The van der Waals surface area contributed by atoms with Gasteiger partial charge in [0.25, 0.3) is 0 Å². The number of hydrazine groups is 1. The van der Waals surface area contributed by atoms with Gasteiger partial charge in [-0.25, -0.2) is 14.6 Å². The molecule has 2 heterocycles. The molecule has 0 saturated heterocycles. The standard InChI is InChI=1S/C21H17F7N6O/c22-14-3-4-15(16(23)7-14)19(35,10-34(30)11-33-29)20(24,25)18-6-1-12(8-32-18)17-5-2-13(9-31-17)21(26,27)28/h1-9,11,35H,10,29-30H2/b33-11-. The summed E-state index contributed by atoms with van der Waals surface area (Å²) in [6.45, 7) is -1.15. The molecule has 0 radical (unpaired) electrons. The van der Waals surface area contributed by atoms with Crippen LogP contribution in [-0.4, -0.2) is 33.0 Å². The topological polar surface area (TPSA) is 114 Å². The molecule has 7 nitrogen and oxygen atoms in total. The van der Waals surface area contributed by atoms with Crippen LogP contribution in [-0.2, 0) is 17.7 Å². The summed E-state index contributed by atoms with van der Waals surface area (Å²) in [7, 11) is 0. The van der Waals surface area contributed by atoms with Crippen LogP contribution in [0.25, 0.3) is 11.3 Å². The van der Waals surface area contributed by atoms with Gasteiger partial charge < -0.3 is 10.9 Å². The van der Waals surface area contributed by atoms with Crippen LogP contribution < -0.4 is 11.7 Å². The lowest BCUT2D eigenvalue weighted by Gasteiger charge is -2.37. The number of hydrazone groups is 1. The molecule has 0 spiro atoms. The van der Waals surface area contributed by atoms with Crippen molar-refractivity contribution in [3.8, 4) is 11.3 Å². The van der Waals surface area contributed by atoms with E-state index in [1.165, 1.54) is 0 Å². The van der Waals surface area contributed by atoms with Crippen LogP contribution in [0.2, 0.25) is 0 Å². The van der Waals surface area contributed by atoms with Gasteiger partial charge in [0.2, 0.25) is 0 Å². The van der Waals surface area contributed by atoms with E-state index in [1.54, 1.807) is 0 Å². The molecule has 2 aromatic heterocycles. The van der Waals surface area contributed by atoms with Gasteiger partial charge in [-0.15, -0.1) is 0 Å². The van der Waals surface area contributed by atoms with Crippen molar-refractivity contribution in [1.29, 1.82) is 0 Å². The molecular weight excluding hydrogens is 485 g/mol. The molecule has 0 saturated carbocycles. The Morgan fingerprint density at radius 1 is 0.971 bits per heavy atom. The predicted octanol–water partition coefficient (Wildman–Crippen LogP) is 3.50. The van der Waals surface area contributed by atoms with Crippen LogP contribution >= 0.6 is 0 Å². The number of aromatic nitrogens is 2. The molecule has 14 heteroatoms. The Morgan fingerprint density at radius 3 is 2.20 bits per heavy atom. The Bertz CT molecular complexity index is 1200. The second kappa shape index (κ2) is 9.46. The van der Waals surface area contributed by atoms with E-state index in [0.717, 1.165) is 30.5 Å².